The number of sulfone groups is 1. The summed E-state index contributed by atoms with van der Waals surface area (Å²) in [6.07, 6.45) is 4.84. The van der Waals surface area contributed by atoms with Crippen molar-refractivity contribution in [3.63, 3.8) is 0 Å². The van der Waals surface area contributed by atoms with E-state index in [4.69, 9.17) is 34.8 Å². The maximum atomic E-state index is 13.6. The molecule has 0 aliphatic carbocycles. The van der Waals surface area contributed by atoms with Crippen LogP contribution < -0.4 is 0 Å². The number of aromatic nitrogens is 2. The lowest BCUT2D eigenvalue weighted by atomic mass is 10.1. The number of rotatable bonds is 7. The van der Waals surface area contributed by atoms with Crippen LogP contribution in [0.3, 0.4) is 0 Å². The highest BCUT2D eigenvalue weighted by atomic mass is 35.5. The number of benzene rings is 3. The van der Waals surface area contributed by atoms with Crippen molar-refractivity contribution >= 4 is 55.4 Å². The lowest BCUT2D eigenvalue weighted by molar-refractivity contribution is 0.562. The molecule has 2 atom stereocenters. The average Bonchev–Trinajstić information content (AvgIpc) is 3.33. The molecular weight excluding hydrogens is 523 g/mol. The zero-order chi connectivity index (χ0) is 23.6. The molecule has 10 heteroatoms. The maximum absolute atomic E-state index is 13.6. The normalized spacial score (nSPS) is 13.5. The molecule has 0 fully saturated rings. The van der Waals surface area contributed by atoms with E-state index in [1.165, 1.54) is 18.2 Å². The highest BCUT2D eigenvalue weighted by molar-refractivity contribution is 7.91. The number of halogens is 3. The van der Waals surface area contributed by atoms with Crippen molar-refractivity contribution in [2.75, 3.05) is 0 Å². The van der Waals surface area contributed by atoms with Crippen LogP contribution >= 0.6 is 34.8 Å². The van der Waals surface area contributed by atoms with Crippen molar-refractivity contribution in [3.05, 3.63) is 106 Å². The number of imidazole rings is 1. The van der Waals surface area contributed by atoms with Gasteiger partial charge in [0.15, 0.2) is 9.84 Å². The second-order valence-electron chi connectivity index (χ2n) is 7.16. The standard InChI is InChI=1S/C23H17Cl3N2O3S2/c24-17-3-7-19(8-4-17)32(29)18-5-1-16(2-6-18)23(14-28-12-11-27-15-28)33(30,31)20-9-10-21(25)22(26)13-20/h1-13,15,23H,14H2. The maximum Gasteiger partial charge on any atom is 0.187 e. The van der Waals surface area contributed by atoms with E-state index in [0.717, 1.165) is 0 Å². The number of nitrogens with zero attached hydrogens (tertiary/aromatic N) is 2. The molecule has 0 saturated carbocycles. The van der Waals surface area contributed by atoms with E-state index >= 15 is 0 Å². The third kappa shape index (κ3) is 5.34. The highest BCUT2D eigenvalue weighted by Crippen LogP contribution is 2.34. The fourth-order valence-electron chi connectivity index (χ4n) is 3.29. The van der Waals surface area contributed by atoms with Gasteiger partial charge in [0.1, 0.15) is 5.25 Å². The van der Waals surface area contributed by atoms with Gasteiger partial charge in [-0.3, -0.25) is 0 Å². The van der Waals surface area contributed by atoms with Crippen LogP contribution in [0.2, 0.25) is 15.1 Å². The average molecular weight is 540 g/mol. The van der Waals surface area contributed by atoms with Crippen LogP contribution in [0.15, 0.2) is 100 Å². The Bertz CT molecular complexity index is 1390. The minimum atomic E-state index is -3.84. The zero-order valence-corrected chi connectivity index (χ0v) is 20.8. The molecule has 5 nitrogen and oxygen atoms in total. The van der Waals surface area contributed by atoms with Crippen LogP contribution in [0, 0.1) is 0 Å². The summed E-state index contributed by atoms with van der Waals surface area (Å²) < 4.78 is 41.8. The monoisotopic (exact) mass is 538 g/mol. The molecule has 0 aliphatic heterocycles. The van der Waals surface area contributed by atoms with E-state index < -0.39 is 25.9 Å². The largest absolute Gasteiger partial charge is 0.336 e. The van der Waals surface area contributed by atoms with E-state index in [0.29, 0.717) is 20.4 Å². The van der Waals surface area contributed by atoms with Crippen molar-refractivity contribution < 1.29 is 12.6 Å². The molecule has 0 amide bonds. The summed E-state index contributed by atoms with van der Waals surface area (Å²) in [4.78, 5) is 5.22. The van der Waals surface area contributed by atoms with Gasteiger partial charge >= 0.3 is 0 Å². The predicted octanol–water partition coefficient (Wildman–Crippen LogP) is 6.23. The van der Waals surface area contributed by atoms with E-state index in [1.54, 1.807) is 71.8 Å². The molecule has 0 aliphatic rings. The first kappa shape index (κ1) is 24.0. The van der Waals surface area contributed by atoms with Crippen LogP contribution in [0.4, 0.5) is 0 Å². The Morgan fingerprint density at radius 2 is 1.52 bits per heavy atom. The molecule has 0 saturated heterocycles. The van der Waals surface area contributed by atoms with Gasteiger partial charge in [-0.15, -0.1) is 0 Å². The Morgan fingerprint density at radius 3 is 2.09 bits per heavy atom. The van der Waals surface area contributed by atoms with Gasteiger partial charge in [0, 0.05) is 33.8 Å². The lowest BCUT2D eigenvalue weighted by Gasteiger charge is -2.19. The lowest BCUT2D eigenvalue weighted by Crippen LogP contribution is -2.19. The van der Waals surface area contributed by atoms with Gasteiger partial charge < -0.3 is 4.57 Å². The SMILES string of the molecule is O=S(c1ccc(Cl)cc1)c1ccc(C(Cn2ccnc2)S(=O)(=O)c2ccc(Cl)c(Cl)c2)cc1. The summed E-state index contributed by atoms with van der Waals surface area (Å²) >= 11 is 18.0. The Hall–Kier alpha value is -2.16. The first-order valence-corrected chi connectivity index (χ1v) is 13.5. The van der Waals surface area contributed by atoms with Gasteiger partial charge in [-0.1, -0.05) is 46.9 Å². The van der Waals surface area contributed by atoms with Crippen LogP contribution in [-0.4, -0.2) is 22.2 Å². The summed E-state index contributed by atoms with van der Waals surface area (Å²) in [5.41, 5.74) is 0.548. The van der Waals surface area contributed by atoms with E-state index in [-0.39, 0.29) is 21.5 Å². The Morgan fingerprint density at radius 1 is 0.879 bits per heavy atom. The zero-order valence-electron chi connectivity index (χ0n) is 16.9. The highest BCUT2D eigenvalue weighted by Gasteiger charge is 2.30. The summed E-state index contributed by atoms with van der Waals surface area (Å²) in [5, 5.41) is 0.0616. The molecule has 4 aromatic rings. The van der Waals surface area contributed by atoms with Crippen molar-refractivity contribution in [2.45, 2.75) is 26.5 Å². The van der Waals surface area contributed by atoms with Gasteiger partial charge in [-0.05, 0) is 60.2 Å². The van der Waals surface area contributed by atoms with Gasteiger partial charge in [-0.2, -0.15) is 0 Å². The minimum absolute atomic E-state index is 0.0656. The minimum Gasteiger partial charge on any atom is -0.336 e. The third-order valence-corrected chi connectivity index (χ3v) is 9.50. The molecule has 0 bridgehead atoms. The molecular formula is C23H17Cl3N2O3S2. The molecule has 0 radical (unpaired) electrons. The van der Waals surface area contributed by atoms with Crippen LogP contribution in [0.25, 0.3) is 0 Å². The predicted molar refractivity (Wildman–Crippen MR) is 131 cm³/mol. The Balaban J connectivity index is 1.71. The molecule has 33 heavy (non-hydrogen) atoms. The number of hydrogen-bond donors (Lipinski definition) is 0. The van der Waals surface area contributed by atoms with Gasteiger partial charge in [0.2, 0.25) is 0 Å². The van der Waals surface area contributed by atoms with E-state index in [2.05, 4.69) is 4.98 Å². The first-order chi connectivity index (χ1) is 15.8. The van der Waals surface area contributed by atoms with Gasteiger partial charge in [0.05, 0.1) is 32.1 Å². The molecule has 1 aromatic heterocycles. The van der Waals surface area contributed by atoms with E-state index in [1.807, 2.05) is 0 Å². The van der Waals surface area contributed by atoms with Crippen LogP contribution in [0.1, 0.15) is 10.8 Å². The van der Waals surface area contributed by atoms with Crippen molar-refractivity contribution in [1.29, 1.82) is 0 Å². The molecule has 4 rings (SSSR count). The van der Waals surface area contributed by atoms with Crippen molar-refractivity contribution in [1.82, 2.24) is 9.55 Å². The molecule has 2 unspecified atom stereocenters. The number of hydrogen-bond acceptors (Lipinski definition) is 4. The third-order valence-electron chi connectivity index (χ3n) is 5.02. The fraction of sp³-hybridized carbons (Fsp3) is 0.0870. The molecule has 170 valence electrons. The molecule has 0 spiro atoms. The molecule has 1 heterocycles. The van der Waals surface area contributed by atoms with Crippen LogP contribution in [-0.2, 0) is 27.2 Å². The van der Waals surface area contributed by atoms with Crippen molar-refractivity contribution in [3.8, 4) is 0 Å². The Labute approximate surface area is 209 Å². The second kappa shape index (κ2) is 9.99. The van der Waals surface area contributed by atoms with Gasteiger partial charge in [-0.25, -0.2) is 17.6 Å². The summed E-state index contributed by atoms with van der Waals surface area (Å²) in [7, 11) is -5.27. The van der Waals surface area contributed by atoms with Gasteiger partial charge in [0.25, 0.3) is 0 Å². The van der Waals surface area contributed by atoms with E-state index in [9.17, 15) is 12.6 Å². The second-order valence-corrected chi connectivity index (χ2v) is 12.0. The van der Waals surface area contributed by atoms with Crippen molar-refractivity contribution in [2.24, 2.45) is 0 Å². The summed E-state index contributed by atoms with van der Waals surface area (Å²) in [5.74, 6) is 0. The first-order valence-electron chi connectivity index (χ1n) is 9.68. The smallest absolute Gasteiger partial charge is 0.187 e. The topological polar surface area (TPSA) is 69.0 Å². The molecule has 3 aromatic carbocycles. The quantitative estimate of drug-likeness (QED) is 0.279. The fourth-order valence-corrected chi connectivity index (χ4v) is 6.57. The summed E-state index contributed by atoms with van der Waals surface area (Å²) in [6, 6.07) is 17.7. The van der Waals surface area contributed by atoms with Crippen LogP contribution in [0.5, 0.6) is 0 Å². The summed E-state index contributed by atoms with van der Waals surface area (Å²) in [6.45, 7) is 0.141. The Kier molecular flexibility index (Phi) is 7.26. The molecule has 0 N–H and O–H groups in total.